The SMILES string of the molecule is N[C@@H]([SeH])CC1=N[C@@]2(c3ccccc3Cl)CCC[C@@H](O1)C2=O. The minimum atomic E-state index is -0.892. The fourth-order valence-electron chi connectivity index (χ4n) is 3.09. The van der Waals surface area contributed by atoms with Crippen LogP contribution in [0.5, 0.6) is 0 Å². The van der Waals surface area contributed by atoms with Gasteiger partial charge in [-0.15, -0.1) is 0 Å². The Morgan fingerprint density at radius 1 is 1.52 bits per heavy atom. The van der Waals surface area contributed by atoms with Gasteiger partial charge in [0.25, 0.3) is 0 Å². The predicted octanol–water partition coefficient (Wildman–Crippen LogP) is 1.66. The van der Waals surface area contributed by atoms with Crippen LogP contribution in [-0.2, 0) is 15.1 Å². The van der Waals surface area contributed by atoms with Gasteiger partial charge in [0.1, 0.15) is 0 Å². The van der Waals surface area contributed by atoms with Crippen LogP contribution in [0, 0.1) is 0 Å². The van der Waals surface area contributed by atoms with Crippen molar-refractivity contribution in [2.45, 2.75) is 42.3 Å². The topological polar surface area (TPSA) is 64.7 Å². The Kier molecular flexibility index (Phi) is 4.10. The molecule has 0 saturated heterocycles. The summed E-state index contributed by atoms with van der Waals surface area (Å²) < 4.78 is 5.73. The number of aliphatic imine (C=N–C) groups is 1. The molecular formula is C15H17ClN2O2Se. The molecule has 2 bridgehead atoms. The monoisotopic (exact) mass is 372 g/mol. The Balaban J connectivity index is 2.11. The molecule has 0 aromatic heterocycles. The number of ketones is 1. The van der Waals surface area contributed by atoms with Gasteiger partial charge < -0.3 is 0 Å². The number of benzene rings is 1. The fourth-order valence-corrected chi connectivity index (χ4v) is 3.71. The number of carbonyl (C=O) groups excluding carboxylic acids is 1. The van der Waals surface area contributed by atoms with E-state index in [1.165, 1.54) is 0 Å². The van der Waals surface area contributed by atoms with E-state index >= 15 is 0 Å². The molecule has 1 aliphatic heterocycles. The molecule has 1 heterocycles. The van der Waals surface area contributed by atoms with Crippen LogP contribution in [0.25, 0.3) is 0 Å². The Hall–Kier alpha value is -0.871. The zero-order valence-corrected chi connectivity index (χ0v) is 14.1. The number of carbonyl (C=O) groups is 1. The molecule has 1 aromatic rings. The summed E-state index contributed by atoms with van der Waals surface area (Å²) in [6.45, 7) is 0. The van der Waals surface area contributed by atoms with Crippen molar-refractivity contribution in [1.82, 2.24) is 0 Å². The van der Waals surface area contributed by atoms with Gasteiger partial charge in [-0.2, -0.15) is 0 Å². The predicted molar refractivity (Wildman–Crippen MR) is 84.0 cm³/mol. The van der Waals surface area contributed by atoms with Gasteiger partial charge in [-0.25, -0.2) is 0 Å². The number of ether oxygens (including phenoxy) is 1. The zero-order chi connectivity index (χ0) is 15.0. The summed E-state index contributed by atoms with van der Waals surface area (Å²) in [4.78, 5) is 17.3. The van der Waals surface area contributed by atoms with E-state index in [-0.39, 0.29) is 10.7 Å². The first-order chi connectivity index (χ1) is 10.0. The van der Waals surface area contributed by atoms with Crippen LogP contribution in [0.2, 0.25) is 5.02 Å². The average molecular weight is 372 g/mol. The quantitative estimate of drug-likeness (QED) is 0.822. The molecule has 2 aliphatic rings. The van der Waals surface area contributed by atoms with E-state index in [0.29, 0.717) is 23.8 Å². The Morgan fingerprint density at radius 3 is 3.00 bits per heavy atom. The first kappa shape index (κ1) is 15.0. The van der Waals surface area contributed by atoms with E-state index < -0.39 is 11.6 Å². The van der Waals surface area contributed by atoms with Gasteiger partial charge in [-0.3, -0.25) is 0 Å². The summed E-state index contributed by atoms with van der Waals surface area (Å²) in [6, 6.07) is 7.43. The Bertz CT molecular complexity index is 605. The number of hydrogen-bond acceptors (Lipinski definition) is 4. The van der Waals surface area contributed by atoms with Crippen molar-refractivity contribution in [3.05, 3.63) is 34.9 Å². The van der Waals surface area contributed by atoms with E-state index in [1.54, 1.807) is 6.07 Å². The van der Waals surface area contributed by atoms with E-state index in [1.807, 2.05) is 18.2 Å². The van der Waals surface area contributed by atoms with Crippen LogP contribution >= 0.6 is 11.6 Å². The summed E-state index contributed by atoms with van der Waals surface area (Å²) in [7, 11) is 0. The molecule has 21 heavy (non-hydrogen) atoms. The van der Waals surface area contributed by atoms with Crippen LogP contribution < -0.4 is 5.73 Å². The summed E-state index contributed by atoms with van der Waals surface area (Å²) in [6.07, 6.45) is 2.39. The minimum absolute atomic E-state index is 0.0183. The number of nitrogens with zero attached hydrogens (tertiary/aromatic N) is 1. The third-order valence-corrected chi connectivity index (χ3v) is 4.71. The van der Waals surface area contributed by atoms with Gasteiger partial charge >= 0.3 is 137 Å². The molecule has 1 saturated carbocycles. The molecule has 4 nitrogen and oxygen atoms in total. The molecule has 1 fully saturated rings. The fraction of sp³-hybridized carbons (Fsp3) is 0.467. The molecule has 0 unspecified atom stereocenters. The number of halogens is 1. The van der Waals surface area contributed by atoms with Crippen LogP contribution in [0.3, 0.4) is 0 Å². The summed E-state index contributed by atoms with van der Waals surface area (Å²) in [5, 5.41) is 0.577. The number of nitrogens with two attached hydrogens (primary N) is 1. The first-order valence-electron chi connectivity index (χ1n) is 7.01. The van der Waals surface area contributed by atoms with E-state index in [4.69, 9.17) is 22.1 Å². The molecular weight excluding hydrogens is 355 g/mol. The zero-order valence-electron chi connectivity index (χ0n) is 11.5. The van der Waals surface area contributed by atoms with Crippen molar-refractivity contribution in [3.8, 4) is 0 Å². The normalized spacial score (nSPS) is 29.6. The van der Waals surface area contributed by atoms with Crippen LogP contribution in [0.4, 0.5) is 0 Å². The van der Waals surface area contributed by atoms with Gasteiger partial charge in [0.15, 0.2) is 0 Å². The second-order valence-corrected chi connectivity index (χ2v) is 7.28. The molecule has 0 spiro atoms. The molecule has 6 heteroatoms. The third-order valence-electron chi connectivity index (χ3n) is 4.00. The van der Waals surface area contributed by atoms with Crippen LogP contribution in [0.1, 0.15) is 31.2 Å². The standard InChI is InChI=1S/C15H17ClN2O2Se/c16-10-5-2-1-4-9(10)15-7-3-6-11(14(15)19)20-13(18-15)8-12(17)21/h1-2,4-5,11-12,21H,3,6-8,17H2/t11-,12+,15-/m1/s1. The van der Waals surface area contributed by atoms with Gasteiger partial charge in [-0.05, 0) is 0 Å². The van der Waals surface area contributed by atoms with Gasteiger partial charge in [0.05, 0.1) is 0 Å². The summed E-state index contributed by atoms with van der Waals surface area (Å²) in [5.74, 6) is 0.581. The third kappa shape index (κ3) is 2.64. The summed E-state index contributed by atoms with van der Waals surface area (Å²) in [5.41, 5.74) is 5.71. The molecule has 112 valence electrons. The van der Waals surface area contributed by atoms with Crippen molar-refractivity contribution in [1.29, 1.82) is 0 Å². The van der Waals surface area contributed by atoms with Crippen molar-refractivity contribution in [2.75, 3.05) is 0 Å². The molecule has 1 aliphatic carbocycles. The number of fused-ring (bicyclic) bond motifs is 2. The summed E-state index contributed by atoms with van der Waals surface area (Å²) >= 11 is 8.69. The molecule has 0 amide bonds. The van der Waals surface area contributed by atoms with Crippen molar-refractivity contribution in [3.63, 3.8) is 0 Å². The van der Waals surface area contributed by atoms with E-state index in [0.717, 1.165) is 18.4 Å². The van der Waals surface area contributed by atoms with E-state index in [9.17, 15) is 4.79 Å². The first-order valence-corrected chi connectivity index (χ1v) is 8.47. The second kappa shape index (κ2) is 5.73. The Labute approximate surface area is 136 Å². The van der Waals surface area contributed by atoms with Gasteiger partial charge in [-0.1, -0.05) is 0 Å². The molecule has 2 N–H and O–H groups in total. The number of hydrogen-bond donors (Lipinski definition) is 1. The molecule has 1 aromatic carbocycles. The van der Waals surface area contributed by atoms with Crippen LogP contribution in [0.15, 0.2) is 29.3 Å². The van der Waals surface area contributed by atoms with Crippen LogP contribution in [-0.4, -0.2) is 38.7 Å². The van der Waals surface area contributed by atoms with Crippen molar-refractivity contribution in [2.24, 2.45) is 10.7 Å². The maximum atomic E-state index is 12.8. The maximum absolute atomic E-state index is 12.8. The number of rotatable bonds is 3. The molecule has 3 rings (SSSR count). The molecule has 0 radical (unpaired) electrons. The van der Waals surface area contributed by atoms with E-state index in [2.05, 4.69) is 21.0 Å². The van der Waals surface area contributed by atoms with Gasteiger partial charge in [0, 0.05) is 0 Å². The average Bonchev–Trinajstić information content (AvgIpc) is 2.40. The molecule has 3 atom stereocenters. The van der Waals surface area contributed by atoms with Crippen molar-refractivity contribution < 1.29 is 9.53 Å². The van der Waals surface area contributed by atoms with Crippen molar-refractivity contribution >= 4 is 39.3 Å². The Morgan fingerprint density at radius 2 is 2.29 bits per heavy atom. The van der Waals surface area contributed by atoms with Gasteiger partial charge in [0.2, 0.25) is 0 Å². The second-order valence-electron chi connectivity index (χ2n) is 5.48. The number of Topliss-reactive ketones (excluding diaryl/α,β-unsaturated/α-hetero) is 1.